The lowest BCUT2D eigenvalue weighted by molar-refractivity contribution is 0.281. The van der Waals surface area contributed by atoms with Crippen molar-refractivity contribution in [2.45, 2.75) is 51.9 Å². The molecule has 0 bridgehead atoms. The SMILES string of the molecule is C/C(=C/c1ccc(OCCCCCCCCCO)cc1)c1ccc(O)cc1. The van der Waals surface area contributed by atoms with Crippen LogP contribution in [0.4, 0.5) is 0 Å². The molecule has 2 rings (SSSR count). The fourth-order valence-electron chi connectivity index (χ4n) is 3.01. The van der Waals surface area contributed by atoms with Gasteiger partial charge < -0.3 is 14.9 Å². The van der Waals surface area contributed by atoms with Gasteiger partial charge in [-0.15, -0.1) is 0 Å². The van der Waals surface area contributed by atoms with Gasteiger partial charge in [0.05, 0.1) is 6.61 Å². The molecule has 0 atom stereocenters. The van der Waals surface area contributed by atoms with Crippen LogP contribution in [0.5, 0.6) is 11.5 Å². The summed E-state index contributed by atoms with van der Waals surface area (Å²) >= 11 is 0. The third-order valence-electron chi connectivity index (χ3n) is 4.66. The first-order valence-corrected chi connectivity index (χ1v) is 10.0. The summed E-state index contributed by atoms with van der Waals surface area (Å²) in [6.07, 6.45) is 10.2. The number of hydrogen-bond donors (Lipinski definition) is 2. The van der Waals surface area contributed by atoms with Gasteiger partial charge in [0.1, 0.15) is 11.5 Å². The second kappa shape index (κ2) is 12.2. The van der Waals surface area contributed by atoms with Crippen molar-refractivity contribution >= 4 is 11.6 Å². The number of phenols is 1. The summed E-state index contributed by atoms with van der Waals surface area (Å²) in [7, 11) is 0. The lowest BCUT2D eigenvalue weighted by Gasteiger charge is -2.07. The Bertz CT molecular complexity index is 672. The number of allylic oxidation sites excluding steroid dienone is 1. The standard InChI is InChI=1S/C24H32O3/c1-20(22-11-13-23(26)14-12-22)19-21-9-15-24(16-10-21)27-18-8-6-4-2-3-5-7-17-25/h9-16,19,25-26H,2-8,17-18H2,1H3/b20-19-. The van der Waals surface area contributed by atoms with Crippen LogP contribution in [-0.2, 0) is 0 Å². The van der Waals surface area contributed by atoms with Gasteiger partial charge in [-0.25, -0.2) is 0 Å². The van der Waals surface area contributed by atoms with Crippen LogP contribution in [0.2, 0.25) is 0 Å². The van der Waals surface area contributed by atoms with E-state index in [2.05, 4.69) is 25.1 Å². The fourth-order valence-corrected chi connectivity index (χ4v) is 3.01. The average Bonchev–Trinajstić information content (AvgIpc) is 2.68. The number of hydrogen-bond acceptors (Lipinski definition) is 3. The maximum absolute atomic E-state index is 9.38. The Hall–Kier alpha value is -2.26. The summed E-state index contributed by atoms with van der Waals surface area (Å²) < 4.78 is 5.83. The van der Waals surface area contributed by atoms with Crippen molar-refractivity contribution in [3.63, 3.8) is 0 Å². The first kappa shape index (κ1) is 21.0. The van der Waals surface area contributed by atoms with Gasteiger partial charge in [-0.05, 0) is 60.7 Å². The number of aliphatic hydroxyl groups is 1. The number of rotatable bonds is 12. The van der Waals surface area contributed by atoms with Crippen LogP contribution < -0.4 is 4.74 Å². The second-order valence-electron chi connectivity index (χ2n) is 6.99. The van der Waals surface area contributed by atoms with E-state index in [1.165, 1.54) is 25.7 Å². The molecule has 0 spiro atoms. The molecule has 146 valence electrons. The van der Waals surface area contributed by atoms with E-state index in [1.807, 2.05) is 24.3 Å². The predicted molar refractivity (Wildman–Crippen MR) is 113 cm³/mol. The van der Waals surface area contributed by atoms with Crippen LogP contribution >= 0.6 is 0 Å². The highest BCUT2D eigenvalue weighted by Gasteiger charge is 1.99. The summed E-state index contributed by atoms with van der Waals surface area (Å²) in [5, 5.41) is 18.1. The fraction of sp³-hybridized carbons (Fsp3) is 0.417. The third-order valence-corrected chi connectivity index (χ3v) is 4.66. The summed E-state index contributed by atoms with van der Waals surface area (Å²) in [5.74, 6) is 1.20. The molecule has 0 aromatic heterocycles. The molecule has 2 N–H and O–H groups in total. The molecule has 27 heavy (non-hydrogen) atoms. The Labute approximate surface area is 163 Å². The number of phenolic OH excluding ortho intramolecular Hbond substituents is 1. The average molecular weight is 369 g/mol. The van der Waals surface area contributed by atoms with E-state index in [9.17, 15) is 5.11 Å². The molecule has 0 heterocycles. The van der Waals surface area contributed by atoms with E-state index in [-0.39, 0.29) is 5.75 Å². The van der Waals surface area contributed by atoms with Gasteiger partial charge in [-0.3, -0.25) is 0 Å². The number of aromatic hydroxyl groups is 1. The molecular formula is C24H32O3. The lowest BCUT2D eigenvalue weighted by atomic mass is 10.0. The van der Waals surface area contributed by atoms with Gasteiger partial charge in [0.25, 0.3) is 0 Å². The Balaban J connectivity index is 1.69. The minimum Gasteiger partial charge on any atom is -0.508 e. The van der Waals surface area contributed by atoms with E-state index >= 15 is 0 Å². The van der Waals surface area contributed by atoms with Crippen LogP contribution in [0.15, 0.2) is 48.5 Å². The highest BCUT2D eigenvalue weighted by Crippen LogP contribution is 2.21. The van der Waals surface area contributed by atoms with Crippen molar-refractivity contribution in [2.75, 3.05) is 13.2 Å². The molecule has 0 saturated carbocycles. The number of ether oxygens (including phenoxy) is 1. The van der Waals surface area contributed by atoms with Gasteiger partial charge in [0, 0.05) is 6.61 Å². The summed E-state index contributed by atoms with van der Waals surface area (Å²) in [6, 6.07) is 15.4. The van der Waals surface area contributed by atoms with E-state index in [1.54, 1.807) is 12.1 Å². The Kier molecular flexibility index (Phi) is 9.50. The van der Waals surface area contributed by atoms with Crippen LogP contribution in [0.25, 0.3) is 11.6 Å². The maximum atomic E-state index is 9.38. The van der Waals surface area contributed by atoms with Crippen molar-refractivity contribution in [3.05, 3.63) is 59.7 Å². The molecule has 3 heteroatoms. The molecule has 0 saturated heterocycles. The monoisotopic (exact) mass is 368 g/mol. The van der Waals surface area contributed by atoms with Crippen molar-refractivity contribution in [2.24, 2.45) is 0 Å². The minimum atomic E-state index is 0.287. The number of benzene rings is 2. The van der Waals surface area contributed by atoms with Crippen LogP contribution in [-0.4, -0.2) is 23.4 Å². The zero-order valence-corrected chi connectivity index (χ0v) is 16.4. The third kappa shape index (κ3) is 8.31. The molecule has 0 unspecified atom stereocenters. The van der Waals surface area contributed by atoms with E-state index in [0.717, 1.165) is 48.3 Å². The van der Waals surface area contributed by atoms with Gasteiger partial charge in [0.2, 0.25) is 0 Å². The largest absolute Gasteiger partial charge is 0.508 e. The minimum absolute atomic E-state index is 0.287. The predicted octanol–water partition coefficient (Wildman–Crippen LogP) is 6.05. The van der Waals surface area contributed by atoms with Crippen molar-refractivity contribution in [1.29, 1.82) is 0 Å². The van der Waals surface area contributed by atoms with Crippen molar-refractivity contribution in [1.82, 2.24) is 0 Å². The van der Waals surface area contributed by atoms with E-state index in [4.69, 9.17) is 9.84 Å². The van der Waals surface area contributed by atoms with Crippen molar-refractivity contribution < 1.29 is 14.9 Å². The highest BCUT2D eigenvalue weighted by molar-refractivity contribution is 5.80. The molecule has 0 aliphatic heterocycles. The molecule has 0 aliphatic carbocycles. The molecule has 2 aromatic carbocycles. The quantitative estimate of drug-likeness (QED) is 0.354. The van der Waals surface area contributed by atoms with Gasteiger partial charge in [0.15, 0.2) is 0 Å². The van der Waals surface area contributed by atoms with Crippen LogP contribution in [0.1, 0.15) is 63.0 Å². The molecule has 0 fully saturated rings. The Morgan fingerprint density at radius 3 is 2.04 bits per heavy atom. The first-order chi connectivity index (χ1) is 13.2. The van der Waals surface area contributed by atoms with Gasteiger partial charge in [-0.2, -0.15) is 0 Å². The zero-order chi connectivity index (χ0) is 19.3. The Morgan fingerprint density at radius 2 is 1.41 bits per heavy atom. The van der Waals surface area contributed by atoms with Crippen molar-refractivity contribution in [3.8, 4) is 11.5 Å². The zero-order valence-electron chi connectivity index (χ0n) is 16.4. The second-order valence-corrected chi connectivity index (χ2v) is 6.99. The van der Waals surface area contributed by atoms with Crippen LogP contribution in [0, 0.1) is 0 Å². The smallest absolute Gasteiger partial charge is 0.119 e. The number of unbranched alkanes of at least 4 members (excludes halogenated alkanes) is 6. The molecule has 3 nitrogen and oxygen atoms in total. The summed E-state index contributed by atoms with van der Waals surface area (Å²) in [4.78, 5) is 0. The highest BCUT2D eigenvalue weighted by atomic mass is 16.5. The Morgan fingerprint density at radius 1 is 0.815 bits per heavy atom. The molecular weight excluding hydrogens is 336 g/mol. The summed E-state index contributed by atoms with van der Waals surface area (Å²) in [6.45, 7) is 3.15. The topological polar surface area (TPSA) is 49.7 Å². The van der Waals surface area contributed by atoms with E-state index in [0.29, 0.717) is 6.61 Å². The van der Waals surface area contributed by atoms with Crippen LogP contribution in [0.3, 0.4) is 0 Å². The normalized spacial score (nSPS) is 11.6. The van der Waals surface area contributed by atoms with E-state index < -0.39 is 0 Å². The lowest BCUT2D eigenvalue weighted by Crippen LogP contribution is -1.97. The first-order valence-electron chi connectivity index (χ1n) is 10.0. The van der Waals surface area contributed by atoms with Gasteiger partial charge >= 0.3 is 0 Å². The molecule has 0 radical (unpaired) electrons. The number of aliphatic hydroxyl groups excluding tert-OH is 1. The van der Waals surface area contributed by atoms with Gasteiger partial charge in [-0.1, -0.05) is 62.4 Å². The maximum Gasteiger partial charge on any atom is 0.119 e. The molecule has 2 aromatic rings. The molecule has 0 amide bonds. The molecule has 0 aliphatic rings. The summed E-state index contributed by atoms with van der Waals surface area (Å²) in [5.41, 5.74) is 3.39.